The van der Waals surface area contributed by atoms with Crippen LogP contribution in [0.4, 0.5) is 0 Å². The van der Waals surface area contributed by atoms with Crippen molar-refractivity contribution in [1.82, 2.24) is 0 Å². The van der Waals surface area contributed by atoms with Crippen molar-refractivity contribution in [3.8, 4) is 5.75 Å². The zero-order chi connectivity index (χ0) is 12.8. The number of phenols is 1. The Morgan fingerprint density at radius 2 is 2.00 bits per heavy atom. The molecule has 0 fully saturated rings. The summed E-state index contributed by atoms with van der Waals surface area (Å²) < 4.78 is 4.92. The average molecular weight is 238 g/mol. The first-order chi connectivity index (χ1) is 8.06. The molecule has 0 aliphatic carbocycles. The number of carbonyl (C=O) groups is 2. The molecular weight excluding hydrogens is 224 g/mol. The van der Waals surface area contributed by atoms with Gasteiger partial charge in [0.25, 0.3) is 0 Å². The van der Waals surface area contributed by atoms with Crippen LogP contribution in [0.2, 0.25) is 0 Å². The van der Waals surface area contributed by atoms with Crippen molar-refractivity contribution >= 4 is 11.9 Å². The third-order valence-corrected chi connectivity index (χ3v) is 2.18. The van der Waals surface area contributed by atoms with Crippen molar-refractivity contribution in [2.24, 2.45) is 0 Å². The van der Waals surface area contributed by atoms with E-state index in [-0.39, 0.29) is 23.5 Å². The lowest BCUT2D eigenvalue weighted by atomic mass is 10.1. The maximum atomic E-state index is 11.6. The Morgan fingerprint density at radius 1 is 1.29 bits per heavy atom. The number of hydrogen-bond acceptors (Lipinski definition) is 4. The predicted molar refractivity (Wildman–Crippen MR) is 60.3 cm³/mol. The van der Waals surface area contributed by atoms with Gasteiger partial charge >= 0.3 is 11.9 Å². The molecule has 0 saturated heterocycles. The monoisotopic (exact) mass is 238 g/mol. The van der Waals surface area contributed by atoms with Crippen molar-refractivity contribution in [3.05, 3.63) is 29.3 Å². The molecule has 0 aliphatic rings. The lowest BCUT2D eigenvalue weighted by molar-refractivity contribution is 0.0489. The molecule has 2 N–H and O–H groups in total. The predicted octanol–water partition coefficient (Wildman–Crippen LogP) is 2.05. The van der Waals surface area contributed by atoms with Crippen LogP contribution < -0.4 is 0 Å². The number of carboxylic acid groups (broad SMARTS) is 1. The number of esters is 1. The lowest BCUT2D eigenvalue weighted by Gasteiger charge is -2.07. The summed E-state index contributed by atoms with van der Waals surface area (Å²) in [4.78, 5) is 22.5. The molecule has 5 nitrogen and oxygen atoms in total. The number of hydrogen-bond donors (Lipinski definition) is 2. The molecule has 92 valence electrons. The molecule has 0 atom stereocenters. The number of benzene rings is 1. The third kappa shape index (κ3) is 3.48. The standard InChI is InChI=1S/C12H14O5/c1-2-3-6-17-12(16)9-5-4-8(13)7-10(9)11(14)15/h4-5,7,13H,2-3,6H2,1H3,(H,14,15). The van der Waals surface area contributed by atoms with Crippen LogP contribution in [0.5, 0.6) is 5.75 Å². The minimum atomic E-state index is -1.27. The highest BCUT2D eigenvalue weighted by Crippen LogP contribution is 2.17. The van der Waals surface area contributed by atoms with E-state index >= 15 is 0 Å². The molecule has 0 unspecified atom stereocenters. The van der Waals surface area contributed by atoms with E-state index in [4.69, 9.17) is 14.9 Å². The third-order valence-electron chi connectivity index (χ3n) is 2.18. The SMILES string of the molecule is CCCCOC(=O)c1ccc(O)cc1C(=O)O. The van der Waals surface area contributed by atoms with Crippen molar-refractivity contribution in [2.75, 3.05) is 6.61 Å². The van der Waals surface area contributed by atoms with E-state index in [9.17, 15) is 9.59 Å². The fraction of sp³-hybridized carbons (Fsp3) is 0.333. The quantitative estimate of drug-likeness (QED) is 0.605. The Kier molecular flexibility index (Phi) is 4.51. The van der Waals surface area contributed by atoms with E-state index < -0.39 is 11.9 Å². The van der Waals surface area contributed by atoms with E-state index in [0.717, 1.165) is 18.9 Å². The molecule has 1 rings (SSSR count). The van der Waals surface area contributed by atoms with E-state index in [1.807, 2.05) is 6.92 Å². The molecule has 5 heteroatoms. The number of carboxylic acids is 1. The molecule has 0 aromatic heterocycles. The molecule has 0 heterocycles. The molecule has 17 heavy (non-hydrogen) atoms. The van der Waals surface area contributed by atoms with Crippen molar-refractivity contribution in [2.45, 2.75) is 19.8 Å². The average Bonchev–Trinajstić information content (AvgIpc) is 2.29. The number of aromatic carboxylic acids is 1. The molecule has 0 radical (unpaired) electrons. The highest BCUT2D eigenvalue weighted by molar-refractivity contribution is 6.02. The van der Waals surface area contributed by atoms with Gasteiger partial charge in [-0.05, 0) is 24.6 Å². The second-order valence-corrected chi connectivity index (χ2v) is 3.52. The second kappa shape index (κ2) is 5.89. The number of carbonyl (C=O) groups excluding carboxylic acids is 1. The molecular formula is C12H14O5. The van der Waals surface area contributed by atoms with Gasteiger partial charge in [0, 0.05) is 0 Å². The van der Waals surface area contributed by atoms with Gasteiger partial charge in [-0.25, -0.2) is 9.59 Å². The van der Waals surface area contributed by atoms with Gasteiger partial charge in [0.15, 0.2) is 0 Å². The summed E-state index contributed by atoms with van der Waals surface area (Å²) in [5, 5.41) is 18.1. The van der Waals surface area contributed by atoms with Crippen LogP contribution in [-0.2, 0) is 4.74 Å². The lowest BCUT2D eigenvalue weighted by Crippen LogP contribution is -2.12. The van der Waals surface area contributed by atoms with Gasteiger partial charge in [-0.15, -0.1) is 0 Å². The van der Waals surface area contributed by atoms with Gasteiger partial charge < -0.3 is 14.9 Å². The van der Waals surface area contributed by atoms with E-state index in [1.165, 1.54) is 12.1 Å². The smallest absolute Gasteiger partial charge is 0.339 e. The van der Waals surface area contributed by atoms with Crippen molar-refractivity contribution in [1.29, 1.82) is 0 Å². The number of aromatic hydroxyl groups is 1. The van der Waals surface area contributed by atoms with Crippen LogP contribution in [0.1, 0.15) is 40.5 Å². The molecule has 1 aromatic carbocycles. The summed E-state index contributed by atoms with van der Waals surface area (Å²) in [5.41, 5.74) is -0.307. The van der Waals surface area contributed by atoms with Crippen LogP contribution >= 0.6 is 0 Å². The van der Waals surface area contributed by atoms with Gasteiger partial charge in [-0.3, -0.25) is 0 Å². The first-order valence-corrected chi connectivity index (χ1v) is 5.29. The largest absolute Gasteiger partial charge is 0.508 e. The first kappa shape index (κ1) is 13.0. The fourth-order valence-corrected chi connectivity index (χ4v) is 1.27. The normalized spacial score (nSPS) is 9.94. The second-order valence-electron chi connectivity index (χ2n) is 3.52. The summed E-state index contributed by atoms with van der Waals surface area (Å²) in [5.74, 6) is -2.16. The van der Waals surface area contributed by atoms with Crippen LogP contribution in [0.3, 0.4) is 0 Å². The summed E-state index contributed by atoms with van der Waals surface area (Å²) in [6.45, 7) is 2.21. The van der Waals surface area contributed by atoms with Gasteiger partial charge in [-0.1, -0.05) is 13.3 Å². The maximum Gasteiger partial charge on any atom is 0.339 e. The van der Waals surface area contributed by atoms with Gasteiger partial charge in [0.1, 0.15) is 5.75 Å². The maximum absolute atomic E-state index is 11.6. The van der Waals surface area contributed by atoms with Crippen molar-refractivity contribution < 1.29 is 24.5 Å². The van der Waals surface area contributed by atoms with Gasteiger partial charge in [0.2, 0.25) is 0 Å². The Morgan fingerprint density at radius 3 is 2.59 bits per heavy atom. The van der Waals surface area contributed by atoms with E-state index in [1.54, 1.807) is 0 Å². The van der Waals surface area contributed by atoms with Crippen LogP contribution in [0.15, 0.2) is 18.2 Å². The zero-order valence-electron chi connectivity index (χ0n) is 9.47. The molecule has 0 amide bonds. The Balaban J connectivity index is 2.89. The van der Waals surface area contributed by atoms with Crippen LogP contribution in [-0.4, -0.2) is 28.8 Å². The molecule has 0 bridgehead atoms. The summed E-state index contributed by atoms with van der Waals surface area (Å²) in [7, 11) is 0. The molecule has 0 spiro atoms. The Labute approximate surface area is 98.6 Å². The summed E-state index contributed by atoms with van der Waals surface area (Å²) in [6, 6.07) is 3.52. The van der Waals surface area contributed by atoms with E-state index in [2.05, 4.69) is 0 Å². The van der Waals surface area contributed by atoms with Crippen molar-refractivity contribution in [3.63, 3.8) is 0 Å². The highest BCUT2D eigenvalue weighted by Gasteiger charge is 2.18. The van der Waals surface area contributed by atoms with Gasteiger partial charge in [0.05, 0.1) is 17.7 Å². The number of phenolic OH excluding ortho intramolecular Hbond substituents is 1. The minimum Gasteiger partial charge on any atom is -0.508 e. The summed E-state index contributed by atoms with van der Waals surface area (Å²) in [6.07, 6.45) is 1.61. The van der Waals surface area contributed by atoms with E-state index in [0.29, 0.717) is 0 Å². The Bertz CT molecular complexity index is 425. The summed E-state index contributed by atoms with van der Waals surface area (Å²) >= 11 is 0. The van der Waals surface area contributed by atoms with Crippen LogP contribution in [0, 0.1) is 0 Å². The number of rotatable bonds is 5. The zero-order valence-corrected chi connectivity index (χ0v) is 9.47. The molecule has 0 aliphatic heterocycles. The topological polar surface area (TPSA) is 83.8 Å². The first-order valence-electron chi connectivity index (χ1n) is 5.29. The number of ether oxygens (including phenoxy) is 1. The number of unbranched alkanes of at least 4 members (excludes halogenated alkanes) is 1. The highest BCUT2D eigenvalue weighted by atomic mass is 16.5. The fourth-order valence-electron chi connectivity index (χ4n) is 1.27. The van der Waals surface area contributed by atoms with Gasteiger partial charge in [-0.2, -0.15) is 0 Å². The van der Waals surface area contributed by atoms with Crippen LogP contribution in [0.25, 0.3) is 0 Å². The molecule has 0 saturated carbocycles. The molecule has 1 aromatic rings. The Hall–Kier alpha value is -2.04. The minimum absolute atomic E-state index is 0.0496.